The summed E-state index contributed by atoms with van der Waals surface area (Å²) in [6, 6.07) is 12.6. The number of amides is 1. The van der Waals surface area contributed by atoms with Crippen LogP contribution in [0.25, 0.3) is 11.3 Å². The van der Waals surface area contributed by atoms with Crippen LogP contribution < -0.4 is 15.0 Å². The van der Waals surface area contributed by atoms with Gasteiger partial charge in [-0.2, -0.15) is 5.10 Å². The number of aromatic nitrogens is 2. The summed E-state index contributed by atoms with van der Waals surface area (Å²) in [5, 5.41) is 6.51. The molecule has 0 unspecified atom stereocenters. The van der Waals surface area contributed by atoms with Crippen molar-refractivity contribution >= 4 is 17.2 Å². The van der Waals surface area contributed by atoms with E-state index in [-0.39, 0.29) is 11.5 Å². The predicted molar refractivity (Wildman–Crippen MR) is 120 cm³/mol. The first kappa shape index (κ1) is 21.1. The maximum Gasteiger partial charge on any atom is 0.266 e. The van der Waals surface area contributed by atoms with Crippen LogP contribution in [-0.2, 0) is 6.54 Å². The summed E-state index contributed by atoms with van der Waals surface area (Å²) in [7, 11) is 3.18. The molecular formula is C23H25N3O4S. The van der Waals surface area contributed by atoms with E-state index in [9.17, 15) is 9.59 Å². The zero-order chi connectivity index (χ0) is 21.8. The van der Waals surface area contributed by atoms with E-state index in [0.717, 1.165) is 23.3 Å². The van der Waals surface area contributed by atoms with Gasteiger partial charge in [-0.25, -0.2) is 4.68 Å². The molecule has 1 aliphatic rings. The maximum absolute atomic E-state index is 12.5. The van der Waals surface area contributed by atoms with Crippen molar-refractivity contribution in [3.8, 4) is 22.8 Å². The molecule has 7 nitrogen and oxygen atoms in total. The smallest absolute Gasteiger partial charge is 0.266 e. The normalized spacial score (nSPS) is 14.5. The largest absolute Gasteiger partial charge is 0.493 e. The molecule has 1 aromatic carbocycles. The lowest BCUT2D eigenvalue weighted by Gasteiger charge is -2.31. The Bertz CT molecular complexity index is 1100. The number of carbonyl (C=O) groups is 1. The highest BCUT2D eigenvalue weighted by atomic mass is 32.1. The van der Waals surface area contributed by atoms with Gasteiger partial charge in [0.15, 0.2) is 11.5 Å². The van der Waals surface area contributed by atoms with Crippen LogP contribution in [0.1, 0.15) is 22.5 Å². The predicted octanol–water partition coefficient (Wildman–Crippen LogP) is 3.54. The van der Waals surface area contributed by atoms with Gasteiger partial charge in [0.2, 0.25) is 0 Å². The van der Waals surface area contributed by atoms with Crippen LogP contribution in [0, 0.1) is 5.92 Å². The second-order valence-electron chi connectivity index (χ2n) is 7.52. The van der Waals surface area contributed by atoms with Crippen molar-refractivity contribution in [1.29, 1.82) is 0 Å². The van der Waals surface area contributed by atoms with E-state index in [1.54, 1.807) is 26.4 Å². The summed E-state index contributed by atoms with van der Waals surface area (Å²) in [6.07, 6.45) is 1.71. The van der Waals surface area contributed by atoms with Crippen molar-refractivity contribution < 1.29 is 14.3 Å². The maximum atomic E-state index is 12.5. The summed E-state index contributed by atoms with van der Waals surface area (Å²) in [4.78, 5) is 27.6. The van der Waals surface area contributed by atoms with E-state index in [1.807, 2.05) is 40.6 Å². The fraction of sp³-hybridized carbons (Fsp3) is 0.348. The Hall–Kier alpha value is -3.13. The molecule has 3 aromatic rings. The molecule has 162 valence electrons. The number of thiophene rings is 1. The third-order valence-corrected chi connectivity index (χ3v) is 6.47. The summed E-state index contributed by atoms with van der Waals surface area (Å²) in [5.74, 6) is 1.66. The zero-order valence-electron chi connectivity index (χ0n) is 17.6. The Balaban J connectivity index is 1.45. The number of carbonyl (C=O) groups excluding carboxylic acids is 1. The minimum absolute atomic E-state index is 0.0965. The van der Waals surface area contributed by atoms with Crippen LogP contribution >= 0.6 is 11.3 Å². The highest BCUT2D eigenvalue weighted by Gasteiger charge is 2.25. The quantitative estimate of drug-likeness (QED) is 0.587. The fourth-order valence-corrected chi connectivity index (χ4v) is 4.54. The molecule has 0 aliphatic carbocycles. The van der Waals surface area contributed by atoms with E-state index < -0.39 is 0 Å². The van der Waals surface area contributed by atoms with Crippen LogP contribution in [0.3, 0.4) is 0 Å². The van der Waals surface area contributed by atoms with Gasteiger partial charge in [-0.3, -0.25) is 9.59 Å². The third kappa shape index (κ3) is 4.64. The first-order valence-corrected chi connectivity index (χ1v) is 11.1. The van der Waals surface area contributed by atoms with Crippen LogP contribution in [-0.4, -0.2) is 47.9 Å². The topological polar surface area (TPSA) is 73.7 Å². The average Bonchev–Trinajstić information content (AvgIpc) is 3.35. The Labute approximate surface area is 184 Å². The molecule has 8 heteroatoms. The number of methoxy groups -OCH3 is 2. The molecule has 0 saturated carbocycles. The molecule has 0 radical (unpaired) electrons. The van der Waals surface area contributed by atoms with Crippen molar-refractivity contribution in [3.05, 3.63) is 63.1 Å². The van der Waals surface area contributed by atoms with Gasteiger partial charge >= 0.3 is 0 Å². The van der Waals surface area contributed by atoms with Crippen LogP contribution in [0.15, 0.2) is 52.6 Å². The monoisotopic (exact) mass is 439 g/mol. The summed E-state index contributed by atoms with van der Waals surface area (Å²) in [6.45, 7) is 1.94. The first-order chi connectivity index (χ1) is 15.1. The molecular weight excluding hydrogens is 414 g/mol. The van der Waals surface area contributed by atoms with Gasteiger partial charge in [-0.15, -0.1) is 11.3 Å². The van der Waals surface area contributed by atoms with E-state index in [0.29, 0.717) is 42.7 Å². The third-order valence-electron chi connectivity index (χ3n) is 5.61. The van der Waals surface area contributed by atoms with Crippen LogP contribution in [0.2, 0.25) is 0 Å². The van der Waals surface area contributed by atoms with Gasteiger partial charge in [-0.1, -0.05) is 6.07 Å². The minimum Gasteiger partial charge on any atom is -0.493 e. The fourth-order valence-electron chi connectivity index (χ4n) is 3.85. The summed E-state index contributed by atoms with van der Waals surface area (Å²) < 4.78 is 12.2. The SMILES string of the molecule is COc1ccc(-c2ccc(=O)n(CC3CCN(C(=O)c4cccs4)CC3)n2)cc1OC. The highest BCUT2D eigenvalue weighted by molar-refractivity contribution is 7.12. The number of hydrogen-bond acceptors (Lipinski definition) is 6. The molecule has 1 saturated heterocycles. The van der Waals surface area contributed by atoms with Gasteiger partial charge in [-0.05, 0) is 54.5 Å². The number of rotatable bonds is 6. The summed E-state index contributed by atoms with van der Waals surface area (Å²) >= 11 is 1.47. The molecule has 1 fully saturated rings. The molecule has 31 heavy (non-hydrogen) atoms. The first-order valence-electron chi connectivity index (χ1n) is 10.2. The van der Waals surface area contributed by atoms with Crippen molar-refractivity contribution in [1.82, 2.24) is 14.7 Å². The van der Waals surface area contributed by atoms with Crippen LogP contribution in [0.4, 0.5) is 0 Å². The van der Waals surface area contributed by atoms with E-state index in [4.69, 9.17) is 9.47 Å². The molecule has 2 aromatic heterocycles. The van der Waals surface area contributed by atoms with Gasteiger partial charge < -0.3 is 14.4 Å². The van der Waals surface area contributed by atoms with E-state index in [1.165, 1.54) is 16.0 Å². The Morgan fingerprint density at radius 1 is 1.10 bits per heavy atom. The molecule has 0 bridgehead atoms. The number of likely N-dealkylation sites (tertiary alicyclic amines) is 1. The van der Waals surface area contributed by atoms with Crippen molar-refractivity contribution in [2.45, 2.75) is 19.4 Å². The average molecular weight is 440 g/mol. The van der Waals surface area contributed by atoms with Gasteiger partial charge in [0.05, 0.1) is 24.8 Å². The van der Waals surface area contributed by atoms with Gasteiger partial charge in [0.1, 0.15) is 0 Å². The molecule has 0 N–H and O–H groups in total. The highest BCUT2D eigenvalue weighted by Crippen LogP contribution is 2.31. The lowest BCUT2D eigenvalue weighted by atomic mass is 9.96. The van der Waals surface area contributed by atoms with Crippen molar-refractivity contribution in [2.75, 3.05) is 27.3 Å². The lowest BCUT2D eigenvalue weighted by molar-refractivity contribution is 0.0685. The van der Waals surface area contributed by atoms with E-state index in [2.05, 4.69) is 5.10 Å². The second-order valence-corrected chi connectivity index (χ2v) is 8.47. The van der Waals surface area contributed by atoms with Crippen LogP contribution in [0.5, 0.6) is 11.5 Å². The minimum atomic E-state index is -0.124. The zero-order valence-corrected chi connectivity index (χ0v) is 18.4. The molecule has 1 amide bonds. The Morgan fingerprint density at radius 2 is 1.87 bits per heavy atom. The molecule has 1 aliphatic heterocycles. The van der Waals surface area contributed by atoms with E-state index >= 15 is 0 Å². The second kappa shape index (κ2) is 9.34. The Kier molecular flexibility index (Phi) is 6.36. The van der Waals surface area contributed by atoms with Gasteiger partial charge in [0, 0.05) is 31.3 Å². The van der Waals surface area contributed by atoms with Crippen molar-refractivity contribution in [2.24, 2.45) is 5.92 Å². The number of piperidine rings is 1. The summed E-state index contributed by atoms with van der Waals surface area (Å²) in [5.41, 5.74) is 1.43. The number of hydrogen-bond donors (Lipinski definition) is 0. The Morgan fingerprint density at radius 3 is 2.55 bits per heavy atom. The molecule has 4 rings (SSSR count). The number of ether oxygens (including phenoxy) is 2. The lowest BCUT2D eigenvalue weighted by Crippen LogP contribution is -2.40. The number of nitrogens with zero attached hydrogens (tertiary/aromatic N) is 3. The van der Waals surface area contributed by atoms with Gasteiger partial charge in [0.25, 0.3) is 11.5 Å². The van der Waals surface area contributed by atoms with Crippen molar-refractivity contribution in [3.63, 3.8) is 0 Å². The molecule has 3 heterocycles. The number of benzene rings is 1. The standard InChI is InChI=1S/C23H25N3O4S/c1-29-19-7-5-17(14-20(19)30-2)18-6-8-22(27)26(24-18)15-16-9-11-25(12-10-16)23(28)21-4-3-13-31-21/h3-8,13-14,16H,9-12,15H2,1-2H3. The molecule has 0 atom stereocenters. The molecule has 0 spiro atoms.